The Bertz CT molecular complexity index is 622. The van der Waals surface area contributed by atoms with Crippen LogP contribution in [0.3, 0.4) is 0 Å². The fraction of sp³-hybridized carbons (Fsp3) is 0.526. The summed E-state index contributed by atoms with van der Waals surface area (Å²) in [7, 11) is 0. The molecule has 0 aromatic heterocycles. The predicted molar refractivity (Wildman–Crippen MR) is 97.6 cm³/mol. The summed E-state index contributed by atoms with van der Waals surface area (Å²) in [5.74, 6) is 0.245. The van der Waals surface area contributed by atoms with Crippen LogP contribution in [0.5, 0.6) is 5.75 Å². The minimum atomic E-state index is -0.353. The molecule has 0 unspecified atom stereocenters. The Labute approximate surface area is 149 Å². The number of carbonyl (C=O) groups excluding carboxylic acids is 2. The number of rotatable bonds is 7. The molecular weight excluding hydrogens is 318 g/mol. The first-order valence-corrected chi connectivity index (χ1v) is 8.84. The average Bonchev–Trinajstić information content (AvgIpc) is 2.59. The van der Waals surface area contributed by atoms with E-state index >= 15 is 0 Å². The Kier molecular flexibility index (Phi) is 7.44. The van der Waals surface area contributed by atoms with Crippen LogP contribution in [0.2, 0.25) is 0 Å². The van der Waals surface area contributed by atoms with Crippen molar-refractivity contribution in [3.05, 3.63) is 29.8 Å². The van der Waals surface area contributed by atoms with E-state index in [-0.39, 0.29) is 30.9 Å². The molecule has 0 heterocycles. The summed E-state index contributed by atoms with van der Waals surface area (Å²) in [6.45, 7) is 3.57. The van der Waals surface area contributed by atoms with E-state index in [4.69, 9.17) is 4.74 Å². The molecule has 0 atom stereocenters. The van der Waals surface area contributed by atoms with E-state index in [9.17, 15) is 9.59 Å². The summed E-state index contributed by atoms with van der Waals surface area (Å²) in [6.07, 6.45) is 5.90. The molecule has 1 aliphatic carbocycles. The lowest BCUT2D eigenvalue weighted by atomic mass is 9.95. The molecule has 6 nitrogen and oxygen atoms in total. The number of carbonyl (C=O) groups is 2. The average molecular weight is 345 g/mol. The number of nitrogens with zero attached hydrogens (tertiary/aromatic N) is 1. The zero-order valence-corrected chi connectivity index (χ0v) is 15.0. The maximum absolute atomic E-state index is 12.0. The SMILES string of the molecule is C/C(CC(=O)NC1CCCCC1)=N\NC(=O)COc1cccc(C)c1. The minimum absolute atomic E-state index is 0.0431. The lowest BCUT2D eigenvalue weighted by Crippen LogP contribution is -2.37. The largest absolute Gasteiger partial charge is 0.484 e. The molecule has 1 fully saturated rings. The van der Waals surface area contributed by atoms with Crippen molar-refractivity contribution in [2.75, 3.05) is 6.61 Å². The standard InChI is InChI=1S/C19H27N3O3/c1-14-7-6-10-17(11-14)25-13-19(24)22-21-15(2)12-18(23)20-16-8-4-3-5-9-16/h6-7,10-11,16H,3-5,8-9,12-13H2,1-2H3,(H,20,23)(H,22,24)/b21-15+. The molecule has 2 N–H and O–H groups in total. The van der Waals surface area contributed by atoms with Crippen LogP contribution in [0, 0.1) is 6.92 Å². The molecule has 0 bridgehead atoms. The normalized spacial score (nSPS) is 15.5. The molecule has 136 valence electrons. The third-order valence-corrected chi connectivity index (χ3v) is 4.12. The van der Waals surface area contributed by atoms with Gasteiger partial charge in [-0.25, -0.2) is 5.43 Å². The highest BCUT2D eigenvalue weighted by atomic mass is 16.5. The second kappa shape index (κ2) is 9.81. The number of nitrogens with one attached hydrogen (secondary N) is 2. The van der Waals surface area contributed by atoms with Crippen LogP contribution < -0.4 is 15.5 Å². The van der Waals surface area contributed by atoms with Gasteiger partial charge in [-0.3, -0.25) is 9.59 Å². The van der Waals surface area contributed by atoms with Gasteiger partial charge in [0.15, 0.2) is 6.61 Å². The summed E-state index contributed by atoms with van der Waals surface area (Å²) < 4.78 is 5.40. The number of hydrazone groups is 1. The van der Waals surface area contributed by atoms with E-state index < -0.39 is 0 Å². The minimum Gasteiger partial charge on any atom is -0.484 e. The first-order chi connectivity index (χ1) is 12.0. The van der Waals surface area contributed by atoms with Crippen molar-refractivity contribution < 1.29 is 14.3 Å². The Morgan fingerprint density at radius 2 is 1.96 bits per heavy atom. The van der Waals surface area contributed by atoms with Crippen LogP contribution in [0.15, 0.2) is 29.4 Å². The molecular formula is C19H27N3O3. The van der Waals surface area contributed by atoms with Gasteiger partial charge < -0.3 is 10.1 Å². The predicted octanol–water partition coefficient (Wildman–Crippen LogP) is 2.70. The molecule has 0 radical (unpaired) electrons. The highest BCUT2D eigenvalue weighted by Crippen LogP contribution is 2.17. The fourth-order valence-electron chi connectivity index (χ4n) is 2.84. The molecule has 0 aliphatic heterocycles. The third kappa shape index (κ3) is 7.37. The number of hydrogen-bond acceptors (Lipinski definition) is 4. The topological polar surface area (TPSA) is 79.8 Å². The molecule has 6 heteroatoms. The summed E-state index contributed by atoms with van der Waals surface area (Å²) in [6, 6.07) is 7.77. The lowest BCUT2D eigenvalue weighted by molar-refractivity contribution is -0.123. The van der Waals surface area contributed by atoms with Crippen molar-refractivity contribution in [1.29, 1.82) is 0 Å². The number of benzene rings is 1. The van der Waals surface area contributed by atoms with E-state index in [0.717, 1.165) is 18.4 Å². The second-order valence-corrected chi connectivity index (χ2v) is 6.57. The molecule has 1 aromatic carbocycles. The smallest absolute Gasteiger partial charge is 0.277 e. The van der Waals surface area contributed by atoms with Gasteiger partial charge in [-0.15, -0.1) is 0 Å². The Morgan fingerprint density at radius 3 is 2.68 bits per heavy atom. The van der Waals surface area contributed by atoms with Crippen LogP contribution in [0.4, 0.5) is 0 Å². The van der Waals surface area contributed by atoms with Crippen molar-refractivity contribution in [3.63, 3.8) is 0 Å². The molecule has 1 aromatic rings. The Morgan fingerprint density at radius 1 is 1.20 bits per heavy atom. The van der Waals surface area contributed by atoms with Crippen molar-refractivity contribution in [3.8, 4) is 5.75 Å². The Hall–Kier alpha value is -2.37. The van der Waals surface area contributed by atoms with Gasteiger partial charge in [0.2, 0.25) is 5.91 Å². The lowest BCUT2D eigenvalue weighted by Gasteiger charge is -2.22. The van der Waals surface area contributed by atoms with E-state index in [1.807, 2.05) is 25.1 Å². The van der Waals surface area contributed by atoms with E-state index in [2.05, 4.69) is 15.8 Å². The quantitative estimate of drug-likeness (QED) is 0.589. The van der Waals surface area contributed by atoms with Gasteiger partial charge in [-0.2, -0.15) is 5.10 Å². The Balaban J connectivity index is 1.68. The van der Waals surface area contributed by atoms with Gasteiger partial charge in [0, 0.05) is 11.8 Å². The zero-order chi connectivity index (χ0) is 18.1. The highest BCUT2D eigenvalue weighted by Gasteiger charge is 2.16. The first kappa shape index (κ1) is 19.0. The first-order valence-electron chi connectivity index (χ1n) is 8.84. The molecule has 25 heavy (non-hydrogen) atoms. The van der Waals surface area contributed by atoms with Crippen LogP contribution >= 0.6 is 0 Å². The maximum Gasteiger partial charge on any atom is 0.277 e. The molecule has 0 spiro atoms. The number of ether oxygens (including phenoxy) is 1. The van der Waals surface area contributed by atoms with Gasteiger partial charge in [-0.05, 0) is 44.4 Å². The van der Waals surface area contributed by atoms with Crippen LogP contribution in [0.25, 0.3) is 0 Å². The fourth-order valence-corrected chi connectivity index (χ4v) is 2.84. The van der Waals surface area contributed by atoms with Crippen LogP contribution in [0.1, 0.15) is 51.0 Å². The molecule has 2 amide bonds. The van der Waals surface area contributed by atoms with Crippen molar-refractivity contribution in [1.82, 2.24) is 10.7 Å². The third-order valence-electron chi connectivity index (χ3n) is 4.12. The number of amides is 2. The highest BCUT2D eigenvalue weighted by molar-refractivity contribution is 6.00. The van der Waals surface area contributed by atoms with Crippen molar-refractivity contribution >= 4 is 17.5 Å². The van der Waals surface area contributed by atoms with Gasteiger partial charge in [0.25, 0.3) is 5.91 Å². The molecule has 2 rings (SSSR count). The summed E-state index contributed by atoms with van der Waals surface area (Å²) in [4.78, 5) is 23.7. The van der Waals surface area contributed by atoms with Gasteiger partial charge in [0.1, 0.15) is 5.75 Å². The summed E-state index contributed by atoms with van der Waals surface area (Å²) in [5.41, 5.74) is 4.05. The number of aryl methyl sites for hydroxylation is 1. The van der Waals surface area contributed by atoms with E-state index in [1.165, 1.54) is 19.3 Å². The summed E-state index contributed by atoms with van der Waals surface area (Å²) >= 11 is 0. The van der Waals surface area contributed by atoms with E-state index in [0.29, 0.717) is 11.5 Å². The summed E-state index contributed by atoms with van der Waals surface area (Å²) in [5, 5.41) is 7.00. The number of hydrogen-bond donors (Lipinski definition) is 2. The molecule has 1 saturated carbocycles. The van der Waals surface area contributed by atoms with Gasteiger partial charge in [-0.1, -0.05) is 31.4 Å². The van der Waals surface area contributed by atoms with Crippen molar-refractivity contribution in [2.24, 2.45) is 5.10 Å². The molecule has 0 saturated heterocycles. The van der Waals surface area contributed by atoms with Crippen LogP contribution in [-0.4, -0.2) is 30.2 Å². The van der Waals surface area contributed by atoms with Gasteiger partial charge >= 0.3 is 0 Å². The van der Waals surface area contributed by atoms with Crippen LogP contribution in [-0.2, 0) is 9.59 Å². The van der Waals surface area contributed by atoms with E-state index in [1.54, 1.807) is 13.0 Å². The maximum atomic E-state index is 12.0. The van der Waals surface area contributed by atoms with Gasteiger partial charge in [0.05, 0.1) is 6.42 Å². The molecule has 1 aliphatic rings. The van der Waals surface area contributed by atoms with Crippen molar-refractivity contribution in [2.45, 2.75) is 58.4 Å². The second-order valence-electron chi connectivity index (χ2n) is 6.57. The monoisotopic (exact) mass is 345 g/mol. The zero-order valence-electron chi connectivity index (χ0n) is 15.0.